The van der Waals surface area contributed by atoms with E-state index in [9.17, 15) is 4.79 Å². The Balaban J connectivity index is 1.94. The number of carbonyl (C=O) groups is 1. The van der Waals surface area contributed by atoms with E-state index < -0.39 is 0 Å². The van der Waals surface area contributed by atoms with Crippen molar-refractivity contribution in [2.75, 3.05) is 5.01 Å². The second-order valence-corrected chi connectivity index (χ2v) is 4.98. The first kappa shape index (κ1) is 13.2. The minimum absolute atomic E-state index is 0.111. The molecular formula is C17H15N3O. The molecule has 0 fully saturated rings. The molecule has 1 aromatic carbocycles. The van der Waals surface area contributed by atoms with Crippen LogP contribution in [0.4, 0.5) is 5.69 Å². The van der Waals surface area contributed by atoms with Crippen molar-refractivity contribution in [2.24, 2.45) is 5.10 Å². The Bertz CT molecular complexity index is 730. The van der Waals surface area contributed by atoms with Crippen molar-refractivity contribution < 1.29 is 4.79 Å². The summed E-state index contributed by atoms with van der Waals surface area (Å²) in [5.41, 5.74) is 4.13. The van der Waals surface area contributed by atoms with Crippen molar-refractivity contribution in [2.45, 2.75) is 13.8 Å². The van der Waals surface area contributed by atoms with Gasteiger partial charge in [-0.05, 0) is 43.7 Å². The fourth-order valence-corrected chi connectivity index (χ4v) is 2.17. The van der Waals surface area contributed by atoms with Crippen LogP contribution in [0.3, 0.4) is 0 Å². The van der Waals surface area contributed by atoms with Crippen molar-refractivity contribution in [1.82, 2.24) is 4.98 Å². The highest BCUT2D eigenvalue weighted by atomic mass is 16.2. The van der Waals surface area contributed by atoms with E-state index in [1.54, 1.807) is 12.4 Å². The third-order valence-corrected chi connectivity index (χ3v) is 3.34. The highest BCUT2D eigenvalue weighted by Gasteiger charge is 2.28. The predicted octanol–water partition coefficient (Wildman–Crippen LogP) is 3.20. The number of hydrogen-bond acceptors (Lipinski definition) is 3. The zero-order chi connectivity index (χ0) is 14.8. The van der Waals surface area contributed by atoms with E-state index in [0.29, 0.717) is 11.3 Å². The summed E-state index contributed by atoms with van der Waals surface area (Å²) < 4.78 is 0. The zero-order valence-electron chi connectivity index (χ0n) is 11.9. The summed E-state index contributed by atoms with van der Waals surface area (Å²) in [6, 6.07) is 11.5. The Kier molecular flexibility index (Phi) is 3.36. The third-order valence-electron chi connectivity index (χ3n) is 3.34. The maximum Gasteiger partial charge on any atom is 0.280 e. The lowest BCUT2D eigenvalue weighted by Gasteiger charge is -2.11. The number of carbonyl (C=O) groups excluding carboxylic acids is 1. The molecule has 2 heterocycles. The first-order valence-corrected chi connectivity index (χ1v) is 6.73. The number of nitrogens with zero attached hydrogens (tertiary/aromatic N) is 3. The normalized spacial score (nSPS) is 16.5. The van der Waals surface area contributed by atoms with Gasteiger partial charge in [0.15, 0.2) is 0 Å². The molecule has 0 bridgehead atoms. The smallest absolute Gasteiger partial charge is 0.267 e. The molecule has 3 rings (SSSR count). The maximum absolute atomic E-state index is 12.5. The number of hydrazone groups is 1. The Morgan fingerprint density at radius 1 is 1.10 bits per heavy atom. The number of amides is 1. The number of rotatable bonds is 2. The summed E-state index contributed by atoms with van der Waals surface area (Å²) in [6.45, 7) is 3.85. The second-order valence-electron chi connectivity index (χ2n) is 4.98. The van der Waals surface area contributed by atoms with Gasteiger partial charge in [0.1, 0.15) is 0 Å². The van der Waals surface area contributed by atoms with E-state index in [0.717, 1.165) is 16.8 Å². The van der Waals surface area contributed by atoms with Gasteiger partial charge in [0.25, 0.3) is 5.91 Å². The summed E-state index contributed by atoms with van der Waals surface area (Å²) in [5.74, 6) is -0.111. The molecular weight excluding hydrogens is 262 g/mol. The molecule has 0 N–H and O–H groups in total. The van der Waals surface area contributed by atoms with Crippen LogP contribution in [0, 0.1) is 6.92 Å². The molecule has 104 valence electrons. The Morgan fingerprint density at radius 2 is 1.86 bits per heavy atom. The fraction of sp³-hybridized carbons (Fsp3) is 0.118. The number of pyridine rings is 1. The Labute approximate surface area is 123 Å². The monoisotopic (exact) mass is 277 g/mol. The first-order valence-electron chi connectivity index (χ1n) is 6.73. The van der Waals surface area contributed by atoms with Gasteiger partial charge in [-0.2, -0.15) is 10.1 Å². The Hall–Kier alpha value is -2.75. The van der Waals surface area contributed by atoms with Crippen LogP contribution in [-0.2, 0) is 4.79 Å². The maximum atomic E-state index is 12.5. The average molecular weight is 277 g/mol. The van der Waals surface area contributed by atoms with E-state index >= 15 is 0 Å². The molecule has 1 aliphatic heterocycles. The molecule has 4 nitrogen and oxygen atoms in total. The van der Waals surface area contributed by atoms with Gasteiger partial charge in [0.2, 0.25) is 0 Å². The van der Waals surface area contributed by atoms with Crippen LogP contribution in [0.1, 0.15) is 18.1 Å². The topological polar surface area (TPSA) is 45.6 Å². The van der Waals surface area contributed by atoms with Crippen molar-refractivity contribution in [3.63, 3.8) is 0 Å². The lowest BCUT2D eigenvalue weighted by molar-refractivity contribution is -0.114. The van der Waals surface area contributed by atoms with Gasteiger partial charge >= 0.3 is 0 Å². The number of anilines is 1. The molecule has 0 aliphatic carbocycles. The molecule has 0 atom stereocenters. The van der Waals surface area contributed by atoms with Crippen LogP contribution in [0.25, 0.3) is 6.08 Å². The summed E-state index contributed by atoms with van der Waals surface area (Å²) in [5, 5.41) is 5.80. The zero-order valence-corrected chi connectivity index (χ0v) is 11.9. The van der Waals surface area contributed by atoms with Crippen molar-refractivity contribution >= 4 is 23.4 Å². The van der Waals surface area contributed by atoms with Gasteiger partial charge in [-0.1, -0.05) is 23.8 Å². The highest BCUT2D eigenvalue weighted by molar-refractivity contribution is 6.32. The summed E-state index contributed by atoms with van der Waals surface area (Å²) in [6.07, 6.45) is 5.25. The standard InChI is InChI=1S/C17H15N3O/c1-12-5-7-15(8-6-12)20-17(21)16(13(2)19-20)10-14-4-3-9-18-11-14/h3-11H,1-2H3. The third kappa shape index (κ3) is 2.60. The number of aryl methyl sites for hydroxylation is 1. The lowest BCUT2D eigenvalue weighted by Crippen LogP contribution is -2.21. The number of benzene rings is 1. The van der Waals surface area contributed by atoms with E-state index in [4.69, 9.17) is 0 Å². The quantitative estimate of drug-likeness (QED) is 0.791. The number of hydrogen-bond donors (Lipinski definition) is 0. The summed E-state index contributed by atoms with van der Waals surface area (Å²) in [7, 11) is 0. The van der Waals surface area contributed by atoms with Gasteiger partial charge in [-0.15, -0.1) is 0 Å². The fourth-order valence-electron chi connectivity index (χ4n) is 2.17. The second kappa shape index (κ2) is 5.32. The van der Waals surface area contributed by atoms with Crippen molar-refractivity contribution in [1.29, 1.82) is 0 Å². The summed E-state index contributed by atoms with van der Waals surface area (Å²) >= 11 is 0. The molecule has 0 saturated heterocycles. The molecule has 1 aromatic heterocycles. The molecule has 2 aromatic rings. The lowest BCUT2D eigenvalue weighted by atomic mass is 10.1. The van der Waals surface area contributed by atoms with Crippen LogP contribution in [0.15, 0.2) is 59.5 Å². The predicted molar refractivity (Wildman–Crippen MR) is 84.0 cm³/mol. The molecule has 0 spiro atoms. The van der Waals surface area contributed by atoms with Crippen LogP contribution in [0.5, 0.6) is 0 Å². The minimum Gasteiger partial charge on any atom is -0.267 e. The molecule has 0 saturated carbocycles. The van der Waals surface area contributed by atoms with Gasteiger partial charge in [-0.3, -0.25) is 9.78 Å². The van der Waals surface area contributed by atoms with E-state index in [2.05, 4.69) is 10.1 Å². The van der Waals surface area contributed by atoms with E-state index in [-0.39, 0.29) is 5.91 Å². The molecule has 0 radical (unpaired) electrons. The minimum atomic E-state index is -0.111. The van der Waals surface area contributed by atoms with E-state index in [1.165, 1.54) is 5.01 Å². The van der Waals surface area contributed by atoms with Crippen LogP contribution >= 0.6 is 0 Å². The molecule has 1 aliphatic rings. The van der Waals surface area contributed by atoms with Gasteiger partial charge in [0, 0.05) is 12.4 Å². The highest BCUT2D eigenvalue weighted by Crippen LogP contribution is 2.24. The molecule has 0 unspecified atom stereocenters. The number of aromatic nitrogens is 1. The van der Waals surface area contributed by atoms with Crippen LogP contribution < -0.4 is 5.01 Å². The summed E-state index contributed by atoms with van der Waals surface area (Å²) in [4.78, 5) is 16.6. The van der Waals surface area contributed by atoms with Gasteiger partial charge in [-0.25, -0.2) is 0 Å². The van der Waals surface area contributed by atoms with Crippen molar-refractivity contribution in [3.05, 3.63) is 65.5 Å². The van der Waals surface area contributed by atoms with Crippen LogP contribution in [0.2, 0.25) is 0 Å². The molecule has 4 heteroatoms. The molecule has 1 amide bonds. The Morgan fingerprint density at radius 3 is 2.52 bits per heavy atom. The molecule has 21 heavy (non-hydrogen) atoms. The van der Waals surface area contributed by atoms with Crippen LogP contribution in [-0.4, -0.2) is 16.6 Å². The SMILES string of the molecule is CC1=NN(c2ccc(C)cc2)C(=O)C1=Cc1cccnc1. The first-order chi connectivity index (χ1) is 10.1. The average Bonchev–Trinajstić information content (AvgIpc) is 2.77. The van der Waals surface area contributed by atoms with Gasteiger partial charge in [0.05, 0.1) is 17.0 Å². The van der Waals surface area contributed by atoms with E-state index in [1.807, 2.05) is 56.3 Å². The largest absolute Gasteiger partial charge is 0.280 e. The van der Waals surface area contributed by atoms with Crippen molar-refractivity contribution in [3.8, 4) is 0 Å². The van der Waals surface area contributed by atoms with Gasteiger partial charge < -0.3 is 0 Å².